The average molecular weight is 517 g/mol. The number of piperidine rings is 1. The Hall–Kier alpha value is -4.00. The van der Waals surface area contributed by atoms with Crippen molar-refractivity contribution >= 4 is 23.5 Å². The van der Waals surface area contributed by atoms with Crippen molar-refractivity contribution in [3.05, 3.63) is 101 Å². The number of carbonyl (C=O) groups excluding carboxylic acids is 3. The molecule has 6 nitrogen and oxygen atoms in total. The number of anilines is 1. The number of nitrogens with zero attached hydrogens (tertiary/aromatic N) is 2. The molecule has 1 atom stereocenters. The van der Waals surface area contributed by atoms with E-state index < -0.39 is 0 Å². The lowest BCUT2D eigenvalue weighted by atomic mass is 9.97. The van der Waals surface area contributed by atoms with Crippen LogP contribution in [0.25, 0.3) is 0 Å². The first-order chi connectivity index (χ1) is 18.3. The first kappa shape index (κ1) is 27.0. The molecule has 4 rings (SSSR count). The van der Waals surface area contributed by atoms with Gasteiger partial charge in [-0.15, -0.1) is 0 Å². The summed E-state index contributed by atoms with van der Waals surface area (Å²) in [5.74, 6) is -1.12. The van der Waals surface area contributed by atoms with Gasteiger partial charge in [0.15, 0.2) is 0 Å². The molecular weight excluding hydrogens is 483 g/mol. The first-order valence-corrected chi connectivity index (χ1v) is 13.0. The van der Waals surface area contributed by atoms with E-state index in [1.54, 1.807) is 41.0 Å². The van der Waals surface area contributed by atoms with E-state index in [2.05, 4.69) is 0 Å². The predicted molar refractivity (Wildman–Crippen MR) is 144 cm³/mol. The summed E-state index contributed by atoms with van der Waals surface area (Å²) in [4.78, 5) is 41.9. The Morgan fingerprint density at radius 3 is 2.42 bits per heavy atom. The first-order valence-electron chi connectivity index (χ1n) is 13.0. The predicted octanol–water partition coefficient (Wildman–Crippen LogP) is 5.33. The zero-order valence-electron chi connectivity index (χ0n) is 21.9. The van der Waals surface area contributed by atoms with E-state index in [-0.39, 0.29) is 42.5 Å². The van der Waals surface area contributed by atoms with E-state index in [1.807, 2.05) is 43.3 Å². The van der Waals surface area contributed by atoms with Gasteiger partial charge in [0, 0.05) is 24.3 Å². The van der Waals surface area contributed by atoms with Gasteiger partial charge in [-0.05, 0) is 74.2 Å². The molecule has 1 aliphatic rings. The normalized spacial score (nSPS) is 15.1. The van der Waals surface area contributed by atoms with Crippen molar-refractivity contribution in [2.75, 3.05) is 24.6 Å². The van der Waals surface area contributed by atoms with Crippen LogP contribution in [-0.4, -0.2) is 42.4 Å². The highest BCUT2D eigenvalue weighted by Crippen LogP contribution is 2.23. The number of hydrogen-bond acceptors (Lipinski definition) is 4. The van der Waals surface area contributed by atoms with Gasteiger partial charge < -0.3 is 14.5 Å². The lowest BCUT2D eigenvalue weighted by Gasteiger charge is -2.31. The Bertz CT molecular complexity index is 1270. The third-order valence-corrected chi connectivity index (χ3v) is 6.77. The molecule has 198 valence electrons. The summed E-state index contributed by atoms with van der Waals surface area (Å²) >= 11 is 0. The number of hydrogen-bond donors (Lipinski definition) is 0. The summed E-state index contributed by atoms with van der Waals surface area (Å²) in [5, 5.41) is 0. The Kier molecular flexibility index (Phi) is 8.89. The number of likely N-dealkylation sites (tertiary alicyclic amines) is 1. The van der Waals surface area contributed by atoms with Crippen molar-refractivity contribution in [1.29, 1.82) is 0 Å². The number of halogens is 1. The third kappa shape index (κ3) is 6.85. The zero-order valence-corrected chi connectivity index (χ0v) is 21.9. The highest BCUT2D eigenvalue weighted by Gasteiger charge is 2.29. The number of ether oxygens (including phenoxy) is 1. The van der Waals surface area contributed by atoms with E-state index in [0.717, 1.165) is 24.0 Å². The number of aryl methyl sites for hydroxylation is 1. The van der Waals surface area contributed by atoms with Gasteiger partial charge in [-0.3, -0.25) is 14.4 Å². The molecule has 7 heteroatoms. The standard InChI is InChI=1S/C31H33FN2O4/c1-3-38-31(37)26-7-5-17-33(21-26)29(35)19-23-11-15-28(16-12-23)34(20-24-6-4-8-27(32)18-24)30(36)25-13-9-22(2)10-14-25/h4,6,8-16,18,26H,3,5,7,17,19-21H2,1-2H3/t26-/m0/s1. The maximum Gasteiger partial charge on any atom is 0.310 e. The molecule has 3 aromatic rings. The van der Waals surface area contributed by atoms with Crippen LogP contribution in [0.4, 0.5) is 10.1 Å². The van der Waals surface area contributed by atoms with Crippen molar-refractivity contribution in [1.82, 2.24) is 4.90 Å². The highest BCUT2D eigenvalue weighted by atomic mass is 19.1. The fraction of sp³-hybridized carbons (Fsp3) is 0.323. The van der Waals surface area contributed by atoms with E-state index >= 15 is 0 Å². The summed E-state index contributed by atoms with van der Waals surface area (Å²) in [6.45, 7) is 5.27. The Morgan fingerprint density at radius 2 is 1.74 bits per heavy atom. The molecule has 1 heterocycles. The molecular formula is C31H33FN2O4. The Morgan fingerprint density at radius 1 is 1.00 bits per heavy atom. The third-order valence-electron chi connectivity index (χ3n) is 6.77. The quantitative estimate of drug-likeness (QED) is 0.380. The Balaban J connectivity index is 1.49. The minimum absolute atomic E-state index is 0.0425. The van der Waals surface area contributed by atoms with Gasteiger partial charge in [0.05, 0.1) is 25.5 Å². The molecule has 1 saturated heterocycles. The van der Waals surface area contributed by atoms with Gasteiger partial charge in [-0.25, -0.2) is 4.39 Å². The minimum Gasteiger partial charge on any atom is -0.466 e. The molecule has 0 spiro atoms. The number of rotatable bonds is 8. The fourth-order valence-corrected chi connectivity index (χ4v) is 4.69. The molecule has 2 amide bonds. The van der Waals surface area contributed by atoms with E-state index in [0.29, 0.717) is 36.5 Å². The SMILES string of the molecule is CCOC(=O)[C@H]1CCCN(C(=O)Cc2ccc(N(Cc3cccc(F)c3)C(=O)c3ccc(C)cc3)cc2)C1. The molecule has 0 radical (unpaired) electrons. The second-order valence-electron chi connectivity index (χ2n) is 9.66. The van der Waals surface area contributed by atoms with Crippen LogP contribution < -0.4 is 4.90 Å². The summed E-state index contributed by atoms with van der Waals surface area (Å²) in [7, 11) is 0. The number of amides is 2. The number of carbonyl (C=O) groups is 3. The van der Waals surface area contributed by atoms with Gasteiger partial charge in [0.2, 0.25) is 5.91 Å². The average Bonchev–Trinajstić information content (AvgIpc) is 2.92. The number of benzene rings is 3. The molecule has 0 unspecified atom stereocenters. The van der Waals surface area contributed by atoms with Crippen LogP contribution in [0.1, 0.15) is 46.8 Å². The maximum atomic E-state index is 13.9. The zero-order chi connectivity index (χ0) is 27.1. The topological polar surface area (TPSA) is 66.9 Å². The monoisotopic (exact) mass is 516 g/mol. The van der Waals surface area contributed by atoms with Gasteiger partial charge in [-0.1, -0.05) is 42.0 Å². The molecule has 1 fully saturated rings. The van der Waals surface area contributed by atoms with E-state index in [4.69, 9.17) is 4.74 Å². The van der Waals surface area contributed by atoms with Crippen molar-refractivity contribution in [3.63, 3.8) is 0 Å². The fourth-order valence-electron chi connectivity index (χ4n) is 4.69. The van der Waals surface area contributed by atoms with Crippen molar-refractivity contribution in [2.45, 2.75) is 39.7 Å². The van der Waals surface area contributed by atoms with Crippen LogP contribution in [0, 0.1) is 18.7 Å². The molecule has 0 aliphatic carbocycles. The van der Waals surface area contributed by atoms with Crippen LogP contribution >= 0.6 is 0 Å². The summed E-state index contributed by atoms with van der Waals surface area (Å²) in [5.41, 5.74) is 3.72. The Labute approximate surface area is 223 Å². The van der Waals surface area contributed by atoms with E-state index in [9.17, 15) is 18.8 Å². The summed E-state index contributed by atoms with van der Waals surface area (Å²) < 4.78 is 19.0. The molecule has 3 aromatic carbocycles. The second kappa shape index (κ2) is 12.5. The van der Waals surface area contributed by atoms with Gasteiger partial charge in [0.25, 0.3) is 5.91 Å². The molecule has 0 N–H and O–H groups in total. The summed E-state index contributed by atoms with van der Waals surface area (Å²) in [6, 6.07) is 20.8. The van der Waals surface area contributed by atoms with Crippen molar-refractivity contribution in [3.8, 4) is 0 Å². The van der Waals surface area contributed by atoms with Crippen LogP contribution in [0.15, 0.2) is 72.8 Å². The van der Waals surface area contributed by atoms with Crippen LogP contribution in [0.2, 0.25) is 0 Å². The maximum absolute atomic E-state index is 13.9. The minimum atomic E-state index is -0.359. The smallest absolute Gasteiger partial charge is 0.310 e. The second-order valence-corrected chi connectivity index (χ2v) is 9.66. The van der Waals surface area contributed by atoms with Crippen LogP contribution in [0.3, 0.4) is 0 Å². The van der Waals surface area contributed by atoms with Crippen LogP contribution in [-0.2, 0) is 27.3 Å². The largest absolute Gasteiger partial charge is 0.466 e. The molecule has 38 heavy (non-hydrogen) atoms. The molecule has 1 aliphatic heterocycles. The van der Waals surface area contributed by atoms with Crippen LogP contribution in [0.5, 0.6) is 0 Å². The van der Waals surface area contributed by atoms with Crippen molar-refractivity contribution in [2.24, 2.45) is 5.92 Å². The van der Waals surface area contributed by atoms with Gasteiger partial charge in [-0.2, -0.15) is 0 Å². The lowest BCUT2D eigenvalue weighted by molar-refractivity contribution is -0.151. The molecule has 0 saturated carbocycles. The summed E-state index contributed by atoms with van der Waals surface area (Å²) in [6.07, 6.45) is 1.70. The van der Waals surface area contributed by atoms with Crippen molar-refractivity contribution < 1.29 is 23.5 Å². The van der Waals surface area contributed by atoms with Gasteiger partial charge >= 0.3 is 5.97 Å². The van der Waals surface area contributed by atoms with Gasteiger partial charge in [0.1, 0.15) is 5.82 Å². The lowest BCUT2D eigenvalue weighted by Crippen LogP contribution is -2.43. The molecule has 0 aromatic heterocycles. The number of esters is 1. The molecule has 0 bridgehead atoms. The highest BCUT2D eigenvalue weighted by molar-refractivity contribution is 6.06. The van der Waals surface area contributed by atoms with E-state index in [1.165, 1.54) is 12.1 Å².